The van der Waals surface area contributed by atoms with E-state index in [4.69, 9.17) is 0 Å². The molecule has 100 valence electrons. The minimum absolute atomic E-state index is 0.126. The molecule has 0 saturated heterocycles. The number of nitrogens with one attached hydrogen (secondary N) is 1. The van der Waals surface area contributed by atoms with E-state index in [1.807, 2.05) is 25.1 Å². The summed E-state index contributed by atoms with van der Waals surface area (Å²) in [5.41, 5.74) is 1.91. The van der Waals surface area contributed by atoms with Crippen LogP contribution < -0.4 is 5.32 Å². The van der Waals surface area contributed by atoms with E-state index in [0.717, 1.165) is 37.8 Å². The van der Waals surface area contributed by atoms with Crippen LogP contribution >= 0.6 is 0 Å². The van der Waals surface area contributed by atoms with Crippen molar-refractivity contribution in [3.8, 4) is 0 Å². The number of benzene rings is 1. The second kappa shape index (κ2) is 8.04. The molecule has 18 heavy (non-hydrogen) atoms. The monoisotopic (exact) mass is 249 g/mol. The van der Waals surface area contributed by atoms with Gasteiger partial charge in [0.15, 0.2) is 0 Å². The highest BCUT2D eigenvalue weighted by molar-refractivity contribution is 5.26. The maximum absolute atomic E-state index is 13.3. The zero-order valence-electron chi connectivity index (χ0n) is 11.5. The molecule has 1 aromatic rings. The highest BCUT2D eigenvalue weighted by Gasteiger charge is 2.11. The quantitative estimate of drug-likeness (QED) is 0.527. The molecule has 2 heteroatoms. The predicted molar refractivity (Wildman–Crippen MR) is 76.2 cm³/mol. The SMILES string of the molecule is C=CCCCC(NCCC)c1ccc(F)c(C)c1. The van der Waals surface area contributed by atoms with Gasteiger partial charge in [0.1, 0.15) is 5.82 Å². The first kappa shape index (κ1) is 14.9. The summed E-state index contributed by atoms with van der Waals surface area (Å²) in [5.74, 6) is -0.126. The second-order valence-corrected chi connectivity index (χ2v) is 4.73. The van der Waals surface area contributed by atoms with Crippen LogP contribution in [0.3, 0.4) is 0 Å². The molecule has 0 heterocycles. The van der Waals surface area contributed by atoms with E-state index in [9.17, 15) is 4.39 Å². The summed E-state index contributed by atoms with van der Waals surface area (Å²) in [6.07, 6.45) is 6.27. The zero-order valence-corrected chi connectivity index (χ0v) is 11.5. The van der Waals surface area contributed by atoms with Crippen LogP contribution in [0.1, 0.15) is 49.8 Å². The lowest BCUT2D eigenvalue weighted by Gasteiger charge is -2.19. The molecule has 1 N–H and O–H groups in total. The van der Waals surface area contributed by atoms with Crippen molar-refractivity contribution < 1.29 is 4.39 Å². The van der Waals surface area contributed by atoms with Crippen molar-refractivity contribution in [2.75, 3.05) is 6.54 Å². The highest BCUT2D eigenvalue weighted by Crippen LogP contribution is 2.21. The van der Waals surface area contributed by atoms with Gasteiger partial charge in [-0.3, -0.25) is 0 Å². The Morgan fingerprint density at radius 1 is 1.44 bits per heavy atom. The van der Waals surface area contributed by atoms with Crippen molar-refractivity contribution in [2.45, 2.75) is 45.6 Å². The van der Waals surface area contributed by atoms with E-state index < -0.39 is 0 Å². The van der Waals surface area contributed by atoms with E-state index in [-0.39, 0.29) is 5.82 Å². The van der Waals surface area contributed by atoms with E-state index in [0.29, 0.717) is 6.04 Å². The summed E-state index contributed by atoms with van der Waals surface area (Å²) in [6, 6.07) is 5.74. The number of aryl methyl sites for hydroxylation is 1. The van der Waals surface area contributed by atoms with Crippen LogP contribution in [0.4, 0.5) is 4.39 Å². The third-order valence-corrected chi connectivity index (χ3v) is 3.13. The first-order valence-electron chi connectivity index (χ1n) is 6.79. The van der Waals surface area contributed by atoms with Gasteiger partial charge >= 0.3 is 0 Å². The Morgan fingerprint density at radius 3 is 2.83 bits per heavy atom. The molecule has 0 aliphatic heterocycles. The average Bonchev–Trinajstić information content (AvgIpc) is 2.37. The van der Waals surface area contributed by atoms with Crippen molar-refractivity contribution in [1.82, 2.24) is 5.32 Å². The van der Waals surface area contributed by atoms with Gasteiger partial charge in [0.2, 0.25) is 0 Å². The third kappa shape index (κ3) is 4.61. The first-order chi connectivity index (χ1) is 8.69. The third-order valence-electron chi connectivity index (χ3n) is 3.13. The number of hydrogen-bond donors (Lipinski definition) is 1. The lowest BCUT2D eigenvalue weighted by Crippen LogP contribution is -2.22. The van der Waals surface area contributed by atoms with Gasteiger partial charge in [0.25, 0.3) is 0 Å². The molecule has 1 aromatic carbocycles. The molecule has 0 aliphatic rings. The number of unbranched alkanes of at least 4 members (excludes halogenated alkanes) is 1. The molecule has 1 atom stereocenters. The Labute approximate surface area is 110 Å². The topological polar surface area (TPSA) is 12.0 Å². The average molecular weight is 249 g/mol. The van der Waals surface area contributed by atoms with Gasteiger partial charge in [-0.15, -0.1) is 6.58 Å². The molecular weight excluding hydrogens is 225 g/mol. The zero-order chi connectivity index (χ0) is 13.4. The van der Waals surface area contributed by atoms with Crippen LogP contribution in [0.15, 0.2) is 30.9 Å². The van der Waals surface area contributed by atoms with Gasteiger partial charge in [0.05, 0.1) is 0 Å². The van der Waals surface area contributed by atoms with E-state index >= 15 is 0 Å². The summed E-state index contributed by atoms with van der Waals surface area (Å²) < 4.78 is 13.3. The maximum atomic E-state index is 13.3. The number of halogens is 1. The Kier molecular flexibility index (Phi) is 6.66. The second-order valence-electron chi connectivity index (χ2n) is 4.73. The molecule has 1 rings (SSSR count). The van der Waals surface area contributed by atoms with Crippen LogP contribution in [0.5, 0.6) is 0 Å². The molecule has 0 aliphatic carbocycles. The van der Waals surface area contributed by atoms with Gasteiger partial charge < -0.3 is 5.32 Å². The lowest BCUT2D eigenvalue weighted by molar-refractivity contribution is 0.485. The standard InChI is InChI=1S/C16H24FN/c1-4-6-7-8-16(18-11-5-2)14-9-10-15(17)13(3)12-14/h4,9-10,12,16,18H,1,5-8,11H2,2-3H3. The van der Waals surface area contributed by atoms with Gasteiger partial charge in [-0.2, -0.15) is 0 Å². The van der Waals surface area contributed by atoms with Crippen LogP contribution in [0, 0.1) is 12.7 Å². The fourth-order valence-electron chi connectivity index (χ4n) is 2.06. The summed E-state index contributed by atoms with van der Waals surface area (Å²) in [6.45, 7) is 8.72. The summed E-state index contributed by atoms with van der Waals surface area (Å²) >= 11 is 0. The minimum atomic E-state index is -0.126. The van der Waals surface area contributed by atoms with Crippen molar-refractivity contribution >= 4 is 0 Å². The summed E-state index contributed by atoms with van der Waals surface area (Å²) in [5, 5.41) is 3.53. The largest absolute Gasteiger partial charge is 0.310 e. The molecule has 0 radical (unpaired) electrons. The lowest BCUT2D eigenvalue weighted by atomic mass is 9.99. The number of allylic oxidation sites excluding steroid dienone is 1. The fourth-order valence-corrected chi connectivity index (χ4v) is 2.06. The molecule has 0 bridgehead atoms. The van der Waals surface area contributed by atoms with Crippen LogP contribution in [0.25, 0.3) is 0 Å². The van der Waals surface area contributed by atoms with Crippen LogP contribution in [-0.2, 0) is 0 Å². The van der Waals surface area contributed by atoms with Crippen molar-refractivity contribution in [2.24, 2.45) is 0 Å². The van der Waals surface area contributed by atoms with Gasteiger partial charge in [-0.25, -0.2) is 4.39 Å². The van der Waals surface area contributed by atoms with Gasteiger partial charge in [-0.1, -0.05) is 25.1 Å². The summed E-state index contributed by atoms with van der Waals surface area (Å²) in [4.78, 5) is 0. The van der Waals surface area contributed by atoms with Crippen molar-refractivity contribution in [3.63, 3.8) is 0 Å². The molecule has 0 fully saturated rings. The molecule has 0 spiro atoms. The highest BCUT2D eigenvalue weighted by atomic mass is 19.1. The van der Waals surface area contributed by atoms with E-state index in [2.05, 4.69) is 18.8 Å². The minimum Gasteiger partial charge on any atom is -0.310 e. The maximum Gasteiger partial charge on any atom is 0.126 e. The van der Waals surface area contributed by atoms with Gasteiger partial charge in [-0.05, 0) is 56.3 Å². The molecule has 1 nitrogen and oxygen atoms in total. The smallest absolute Gasteiger partial charge is 0.126 e. The molecule has 0 saturated carbocycles. The Hall–Kier alpha value is -1.15. The molecule has 1 unspecified atom stereocenters. The molecule has 0 amide bonds. The normalized spacial score (nSPS) is 12.4. The van der Waals surface area contributed by atoms with E-state index in [1.54, 1.807) is 6.07 Å². The predicted octanol–water partition coefficient (Wildman–Crippen LogP) is 4.53. The van der Waals surface area contributed by atoms with Gasteiger partial charge in [0, 0.05) is 6.04 Å². The van der Waals surface area contributed by atoms with E-state index in [1.165, 1.54) is 5.56 Å². The van der Waals surface area contributed by atoms with Crippen molar-refractivity contribution in [3.05, 3.63) is 47.8 Å². The Balaban J connectivity index is 2.72. The molecule has 0 aromatic heterocycles. The van der Waals surface area contributed by atoms with Crippen molar-refractivity contribution in [1.29, 1.82) is 0 Å². The summed E-state index contributed by atoms with van der Waals surface area (Å²) in [7, 11) is 0. The Morgan fingerprint density at radius 2 is 2.22 bits per heavy atom. The number of hydrogen-bond acceptors (Lipinski definition) is 1. The van der Waals surface area contributed by atoms with Crippen LogP contribution in [0.2, 0.25) is 0 Å². The molecular formula is C16H24FN. The Bertz CT molecular complexity index is 373. The fraction of sp³-hybridized carbons (Fsp3) is 0.500. The van der Waals surface area contributed by atoms with Crippen LogP contribution in [-0.4, -0.2) is 6.54 Å². The first-order valence-corrected chi connectivity index (χ1v) is 6.79. The number of rotatable bonds is 8.